The van der Waals surface area contributed by atoms with Crippen LogP contribution < -0.4 is 5.73 Å². The fraction of sp³-hybridized carbons (Fsp3) is 0.929. The topological polar surface area (TPSA) is 63.3 Å². The quantitative estimate of drug-likeness (QED) is 0.686. The van der Waals surface area contributed by atoms with E-state index in [1.165, 1.54) is 38.5 Å². The van der Waals surface area contributed by atoms with E-state index in [2.05, 4.69) is 6.92 Å². The van der Waals surface area contributed by atoms with Crippen LogP contribution in [-0.4, -0.2) is 17.6 Å². The second-order valence-electron chi connectivity index (χ2n) is 5.77. The van der Waals surface area contributed by atoms with Crippen LogP contribution in [0.4, 0.5) is 0 Å². The maximum absolute atomic E-state index is 10.7. The van der Waals surface area contributed by atoms with Gasteiger partial charge >= 0.3 is 5.97 Å². The first-order valence-corrected chi connectivity index (χ1v) is 7.03. The van der Waals surface area contributed by atoms with Crippen molar-refractivity contribution >= 4 is 5.97 Å². The summed E-state index contributed by atoms with van der Waals surface area (Å²) in [6, 6.07) is 0. The number of carboxylic acid groups (broad SMARTS) is 1. The van der Waals surface area contributed by atoms with Gasteiger partial charge in [-0.05, 0) is 30.7 Å². The fourth-order valence-electron chi connectivity index (χ4n) is 3.02. The number of carboxylic acids is 1. The maximum Gasteiger partial charge on any atom is 0.303 e. The molecule has 1 fully saturated rings. The third kappa shape index (κ3) is 6.06. The summed E-state index contributed by atoms with van der Waals surface area (Å²) in [5.74, 6) is 0.992. The molecule has 1 aliphatic carbocycles. The Balaban J connectivity index is 2.17. The van der Waals surface area contributed by atoms with Crippen LogP contribution in [0.5, 0.6) is 0 Å². The Hall–Kier alpha value is -0.570. The molecule has 100 valence electrons. The Morgan fingerprint density at radius 1 is 1.41 bits per heavy atom. The van der Waals surface area contributed by atoms with Gasteiger partial charge in [-0.2, -0.15) is 0 Å². The maximum atomic E-state index is 10.7. The minimum atomic E-state index is -0.719. The zero-order chi connectivity index (χ0) is 12.7. The van der Waals surface area contributed by atoms with Crippen LogP contribution in [0.1, 0.15) is 58.3 Å². The van der Waals surface area contributed by atoms with Gasteiger partial charge in [-0.1, -0.05) is 45.4 Å². The van der Waals surface area contributed by atoms with Gasteiger partial charge in [0, 0.05) is 6.42 Å². The van der Waals surface area contributed by atoms with Gasteiger partial charge in [-0.25, -0.2) is 0 Å². The highest BCUT2D eigenvalue weighted by atomic mass is 16.4. The van der Waals surface area contributed by atoms with Crippen molar-refractivity contribution in [3.8, 4) is 0 Å². The van der Waals surface area contributed by atoms with Crippen LogP contribution >= 0.6 is 0 Å². The molecule has 0 saturated heterocycles. The second-order valence-corrected chi connectivity index (χ2v) is 5.77. The lowest BCUT2D eigenvalue weighted by atomic mass is 9.88. The Morgan fingerprint density at radius 3 is 2.59 bits per heavy atom. The van der Waals surface area contributed by atoms with Crippen LogP contribution in [0, 0.1) is 17.8 Å². The van der Waals surface area contributed by atoms with Crippen LogP contribution in [0.15, 0.2) is 0 Å². The first-order chi connectivity index (χ1) is 8.11. The average Bonchev–Trinajstić information content (AvgIpc) is 2.77. The normalized spacial score (nSPS) is 20.4. The molecule has 1 saturated carbocycles. The minimum Gasteiger partial charge on any atom is -0.481 e. The predicted molar refractivity (Wildman–Crippen MR) is 69.8 cm³/mol. The van der Waals surface area contributed by atoms with Crippen molar-refractivity contribution < 1.29 is 9.90 Å². The van der Waals surface area contributed by atoms with Crippen molar-refractivity contribution in [3.63, 3.8) is 0 Å². The van der Waals surface area contributed by atoms with Crippen molar-refractivity contribution in [2.75, 3.05) is 6.54 Å². The molecule has 0 aromatic heterocycles. The molecule has 2 unspecified atom stereocenters. The van der Waals surface area contributed by atoms with Crippen molar-refractivity contribution in [3.05, 3.63) is 0 Å². The summed E-state index contributed by atoms with van der Waals surface area (Å²) in [5, 5.41) is 8.77. The number of carbonyl (C=O) groups is 1. The Morgan fingerprint density at radius 2 is 2.06 bits per heavy atom. The molecule has 3 nitrogen and oxygen atoms in total. The van der Waals surface area contributed by atoms with Crippen LogP contribution in [0.25, 0.3) is 0 Å². The summed E-state index contributed by atoms with van der Waals surface area (Å²) in [6.07, 6.45) is 9.38. The number of aliphatic carboxylic acids is 1. The fourth-order valence-corrected chi connectivity index (χ4v) is 3.02. The SMILES string of the molecule is CC(CCC1CCCC1)CC(CN)CC(=O)O. The third-order valence-electron chi connectivity index (χ3n) is 4.07. The van der Waals surface area contributed by atoms with Gasteiger partial charge < -0.3 is 10.8 Å². The molecule has 0 spiro atoms. The lowest BCUT2D eigenvalue weighted by Gasteiger charge is -2.19. The van der Waals surface area contributed by atoms with Gasteiger partial charge in [-0.3, -0.25) is 4.79 Å². The molecule has 0 heterocycles. The first kappa shape index (κ1) is 14.5. The molecule has 3 N–H and O–H groups in total. The molecule has 17 heavy (non-hydrogen) atoms. The minimum absolute atomic E-state index is 0.158. The highest BCUT2D eigenvalue weighted by molar-refractivity contribution is 5.67. The van der Waals surface area contributed by atoms with Crippen LogP contribution in [0.2, 0.25) is 0 Å². The molecule has 0 aromatic carbocycles. The van der Waals surface area contributed by atoms with E-state index in [1.807, 2.05) is 0 Å². The lowest BCUT2D eigenvalue weighted by molar-refractivity contribution is -0.138. The molecular formula is C14H27NO2. The average molecular weight is 241 g/mol. The van der Waals surface area contributed by atoms with Crippen LogP contribution in [0.3, 0.4) is 0 Å². The van der Waals surface area contributed by atoms with E-state index in [-0.39, 0.29) is 12.3 Å². The van der Waals surface area contributed by atoms with Crippen LogP contribution in [-0.2, 0) is 4.79 Å². The van der Waals surface area contributed by atoms with E-state index in [0.29, 0.717) is 12.5 Å². The summed E-state index contributed by atoms with van der Waals surface area (Å²) in [7, 11) is 0. The Labute approximate surface area is 105 Å². The van der Waals surface area contributed by atoms with E-state index in [9.17, 15) is 4.79 Å². The van der Waals surface area contributed by atoms with Gasteiger partial charge in [0.25, 0.3) is 0 Å². The molecule has 0 bridgehead atoms. The van der Waals surface area contributed by atoms with E-state index in [0.717, 1.165) is 12.3 Å². The number of nitrogens with two attached hydrogens (primary N) is 1. The third-order valence-corrected chi connectivity index (χ3v) is 4.07. The van der Waals surface area contributed by atoms with E-state index < -0.39 is 5.97 Å². The van der Waals surface area contributed by atoms with Crippen molar-refractivity contribution in [1.82, 2.24) is 0 Å². The van der Waals surface area contributed by atoms with Crippen molar-refractivity contribution in [2.24, 2.45) is 23.5 Å². The van der Waals surface area contributed by atoms with Gasteiger partial charge in [0.15, 0.2) is 0 Å². The largest absolute Gasteiger partial charge is 0.481 e. The van der Waals surface area contributed by atoms with E-state index in [4.69, 9.17) is 10.8 Å². The number of hydrogen-bond acceptors (Lipinski definition) is 2. The Bertz CT molecular complexity index is 224. The molecule has 1 rings (SSSR count). The summed E-state index contributed by atoms with van der Waals surface area (Å²) < 4.78 is 0. The molecule has 1 aliphatic rings. The smallest absolute Gasteiger partial charge is 0.303 e. The summed E-state index contributed by atoms with van der Waals surface area (Å²) in [4.78, 5) is 10.7. The lowest BCUT2D eigenvalue weighted by Crippen LogP contribution is -2.20. The zero-order valence-electron chi connectivity index (χ0n) is 11.0. The molecule has 0 aromatic rings. The monoisotopic (exact) mass is 241 g/mol. The van der Waals surface area contributed by atoms with Gasteiger partial charge in [0.05, 0.1) is 0 Å². The first-order valence-electron chi connectivity index (χ1n) is 7.03. The standard InChI is InChI=1S/C14H27NO2/c1-11(6-7-12-4-2-3-5-12)8-13(10-15)9-14(16)17/h11-13H,2-10,15H2,1H3,(H,16,17). The molecule has 3 heteroatoms. The number of hydrogen-bond donors (Lipinski definition) is 2. The zero-order valence-corrected chi connectivity index (χ0v) is 11.0. The molecule has 0 aliphatic heterocycles. The summed E-state index contributed by atoms with van der Waals surface area (Å²) >= 11 is 0. The van der Waals surface area contributed by atoms with Crippen molar-refractivity contribution in [2.45, 2.75) is 58.3 Å². The predicted octanol–water partition coefficient (Wildman–Crippen LogP) is 3.03. The highest BCUT2D eigenvalue weighted by Crippen LogP contribution is 2.31. The second kappa shape index (κ2) is 7.70. The van der Waals surface area contributed by atoms with Gasteiger partial charge in [-0.15, -0.1) is 0 Å². The summed E-state index contributed by atoms with van der Waals surface area (Å²) in [6.45, 7) is 2.74. The van der Waals surface area contributed by atoms with E-state index >= 15 is 0 Å². The summed E-state index contributed by atoms with van der Waals surface area (Å²) in [5.41, 5.74) is 5.62. The van der Waals surface area contributed by atoms with E-state index in [1.54, 1.807) is 0 Å². The molecule has 0 radical (unpaired) electrons. The molecule has 0 amide bonds. The molecular weight excluding hydrogens is 214 g/mol. The van der Waals surface area contributed by atoms with Crippen molar-refractivity contribution in [1.29, 1.82) is 0 Å². The highest BCUT2D eigenvalue weighted by Gasteiger charge is 2.18. The van der Waals surface area contributed by atoms with Gasteiger partial charge in [0.2, 0.25) is 0 Å². The Kier molecular flexibility index (Phi) is 6.56. The molecule has 2 atom stereocenters. The van der Waals surface area contributed by atoms with Gasteiger partial charge in [0.1, 0.15) is 0 Å². The number of rotatable bonds is 8.